The second-order valence-electron chi connectivity index (χ2n) is 6.17. The number of nitrogen functional groups attached to an aromatic ring is 2. The van der Waals surface area contributed by atoms with Gasteiger partial charge in [0.2, 0.25) is 0 Å². The van der Waals surface area contributed by atoms with Crippen molar-refractivity contribution in [2.75, 3.05) is 25.7 Å². The Morgan fingerprint density at radius 3 is 1.35 bits per heavy atom. The van der Waals surface area contributed by atoms with Crippen LogP contribution < -0.4 is 20.9 Å². The topological polar surface area (TPSA) is 70.5 Å². The van der Waals surface area contributed by atoms with Gasteiger partial charge < -0.3 is 20.9 Å². The fourth-order valence-corrected chi connectivity index (χ4v) is 3.61. The number of hydrogen-bond acceptors (Lipinski definition) is 4. The van der Waals surface area contributed by atoms with Crippen molar-refractivity contribution in [1.29, 1.82) is 0 Å². The van der Waals surface area contributed by atoms with Gasteiger partial charge in [0.15, 0.2) is 0 Å². The Balaban J connectivity index is 2.18. The summed E-state index contributed by atoms with van der Waals surface area (Å²) in [5.41, 5.74) is 16.0. The molecule has 0 amide bonds. The quantitative estimate of drug-likeness (QED) is 0.522. The van der Waals surface area contributed by atoms with Gasteiger partial charge in [-0.2, -0.15) is 0 Å². The molecule has 4 nitrogen and oxygen atoms in total. The third kappa shape index (κ3) is 2.30. The van der Waals surface area contributed by atoms with Gasteiger partial charge in [-0.05, 0) is 47.2 Å². The first-order valence-corrected chi connectivity index (χ1v) is 8.36. The predicted molar refractivity (Wildman–Crippen MR) is 109 cm³/mol. The minimum Gasteiger partial charge on any atom is -0.496 e. The third-order valence-electron chi connectivity index (χ3n) is 4.80. The molecule has 0 aliphatic heterocycles. The monoisotopic (exact) mass is 344 g/mol. The fourth-order valence-electron chi connectivity index (χ4n) is 3.61. The van der Waals surface area contributed by atoms with Gasteiger partial charge in [-0.15, -0.1) is 0 Å². The van der Waals surface area contributed by atoms with Crippen molar-refractivity contribution in [1.82, 2.24) is 0 Å². The molecule has 4 N–H and O–H groups in total. The van der Waals surface area contributed by atoms with Crippen molar-refractivity contribution in [2.45, 2.75) is 0 Å². The van der Waals surface area contributed by atoms with Crippen LogP contribution in [-0.2, 0) is 0 Å². The van der Waals surface area contributed by atoms with Crippen LogP contribution in [0.15, 0.2) is 60.7 Å². The molecule has 0 fully saturated rings. The number of methoxy groups -OCH3 is 2. The zero-order valence-corrected chi connectivity index (χ0v) is 14.7. The van der Waals surface area contributed by atoms with E-state index in [0.717, 1.165) is 44.2 Å². The van der Waals surface area contributed by atoms with Gasteiger partial charge in [0, 0.05) is 33.3 Å². The minimum absolute atomic E-state index is 0.674. The van der Waals surface area contributed by atoms with Crippen LogP contribution in [0.25, 0.3) is 32.7 Å². The SMILES string of the molecule is COc1cccc2c(-c3c(N)ccc4c(OC)cccc34)c(N)ccc12. The van der Waals surface area contributed by atoms with Crippen LogP contribution in [0.5, 0.6) is 11.5 Å². The Hall–Kier alpha value is -3.40. The molecule has 4 rings (SSSR count). The lowest BCUT2D eigenvalue weighted by molar-refractivity contribution is 0.419. The van der Waals surface area contributed by atoms with E-state index in [1.807, 2.05) is 60.7 Å². The van der Waals surface area contributed by atoms with Crippen LogP contribution in [-0.4, -0.2) is 14.2 Å². The van der Waals surface area contributed by atoms with Gasteiger partial charge in [0.25, 0.3) is 0 Å². The summed E-state index contributed by atoms with van der Waals surface area (Å²) in [5.74, 6) is 1.61. The number of nitrogens with two attached hydrogens (primary N) is 2. The molecular weight excluding hydrogens is 324 g/mol. The summed E-state index contributed by atoms with van der Waals surface area (Å²) < 4.78 is 11.0. The number of hydrogen-bond donors (Lipinski definition) is 2. The summed E-state index contributed by atoms with van der Waals surface area (Å²) in [6.07, 6.45) is 0. The van der Waals surface area contributed by atoms with E-state index in [4.69, 9.17) is 20.9 Å². The van der Waals surface area contributed by atoms with E-state index in [9.17, 15) is 0 Å². The molecule has 0 spiro atoms. The molecule has 0 atom stereocenters. The molecule has 4 aromatic carbocycles. The molecule has 4 aromatic rings. The first kappa shape index (κ1) is 16.1. The van der Waals surface area contributed by atoms with Crippen molar-refractivity contribution in [3.8, 4) is 22.6 Å². The van der Waals surface area contributed by atoms with E-state index < -0.39 is 0 Å². The first-order valence-electron chi connectivity index (χ1n) is 8.36. The van der Waals surface area contributed by atoms with Crippen LogP contribution in [0.3, 0.4) is 0 Å². The predicted octanol–water partition coefficient (Wildman–Crippen LogP) is 4.84. The highest BCUT2D eigenvalue weighted by molar-refractivity contribution is 6.14. The lowest BCUT2D eigenvalue weighted by atomic mass is 9.91. The average Bonchev–Trinajstić information content (AvgIpc) is 2.67. The van der Waals surface area contributed by atoms with Crippen molar-refractivity contribution in [3.05, 3.63) is 60.7 Å². The van der Waals surface area contributed by atoms with Crippen LogP contribution in [0, 0.1) is 0 Å². The Morgan fingerprint density at radius 1 is 0.538 bits per heavy atom. The number of benzene rings is 4. The molecule has 130 valence electrons. The minimum atomic E-state index is 0.674. The van der Waals surface area contributed by atoms with Crippen molar-refractivity contribution < 1.29 is 9.47 Å². The Labute approximate surface area is 151 Å². The zero-order chi connectivity index (χ0) is 18.3. The van der Waals surface area contributed by atoms with Crippen LogP contribution in [0.2, 0.25) is 0 Å². The van der Waals surface area contributed by atoms with E-state index in [1.54, 1.807) is 14.2 Å². The van der Waals surface area contributed by atoms with E-state index >= 15 is 0 Å². The molecular formula is C22H20N2O2. The number of fused-ring (bicyclic) bond motifs is 2. The molecule has 0 unspecified atom stereocenters. The molecule has 0 aromatic heterocycles. The molecule has 0 saturated carbocycles. The fraction of sp³-hybridized carbons (Fsp3) is 0.0909. The molecule has 26 heavy (non-hydrogen) atoms. The molecule has 0 bridgehead atoms. The van der Waals surface area contributed by atoms with E-state index in [2.05, 4.69) is 0 Å². The molecule has 0 aliphatic rings. The normalized spacial score (nSPS) is 11.0. The second-order valence-corrected chi connectivity index (χ2v) is 6.17. The highest BCUT2D eigenvalue weighted by atomic mass is 16.5. The van der Waals surface area contributed by atoms with E-state index in [-0.39, 0.29) is 0 Å². The molecule has 0 saturated heterocycles. The second kappa shape index (κ2) is 6.15. The van der Waals surface area contributed by atoms with Gasteiger partial charge in [0.05, 0.1) is 14.2 Å². The highest BCUT2D eigenvalue weighted by Crippen LogP contribution is 2.44. The maximum Gasteiger partial charge on any atom is 0.126 e. The van der Waals surface area contributed by atoms with E-state index in [0.29, 0.717) is 11.4 Å². The molecule has 0 aliphatic carbocycles. The molecule has 4 heteroatoms. The highest BCUT2D eigenvalue weighted by Gasteiger charge is 2.17. The summed E-state index contributed by atoms with van der Waals surface area (Å²) in [6.45, 7) is 0. The Kier molecular flexibility index (Phi) is 3.81. The molecule has 0 radical (unpaired) electrons. The van der Waals surface area contributed by atoms with Crippen LogP contribution in [0.4, 0.5) is 11.4 Å². The van der Waals surface area contributed by atoms with Gasteiger partial charge in [0.1, 0.15) is 11.5 Å². The largest absolute Gasteiger partial charge is 0.496 e. The maximum absolute atomic E-state index is 6.41. The summed E-state index contributed by atoms with van der Waals surface area (Å²) >= 11 is 0. The van der Waals surface area contributed by atoms with Crippen LogP contribution >= 0.6 is 0 Å². The summed E-state index contributed by atoms with van der Waals surface area (Å²) in [7, 11) is 3.34. The van der Waals surface area contributed by atoms with Crippen LogP contribution in [0.1, 0.15) is 0 Å². The number of rotatable bonds is 3. The summed E-state index contributed by atoms with van der Waals surface area (Å²) in [4.78, 5) is 0. The zero-order valence-electron chi connectivity index (χ0n) is 14.7. The summed E-state index contributed by atoms with van der Waals surface area (Å²) in [6, 6.07) is 19.7. The summed E-state index contributed by atoms with van der Waals surface area (Å²) in [5, 5.41) is 4.01. The Bertz CT molecular complexity index is 1040. The average molecular weight is 344 g/mol. The van der Waals surface area contributed by atoms with Gasteiger partial charge in [-0.3, -0.25) is 0 Å². The van der Waals surface area contributed by atoms with E-state index in [1.165, 1.54) is 0 Å². The first-order chi connectivity index (χ1) is 12.7. The van der Waals surface area contributed by atoms with Gasteiger partial charge in [-0.1, -0.05) is 24.3 Å². The number of anilines is 2. The van der Waals surface area contributed by atoms with Gasteiger partial charge in [-0.25, -0.2) is 0 Å². The Morgan fingerprint density at radius 2 is 0.962 bits per heavy atom. The lowest BCUT2D eigenvalue weighted by Gasteiger charge is -2.17. The standard InChI is InChI=1S/C22H20N2O2/c1-25-19-7-3-5-15-13(19)9-11-17(23)21(15)22-16-6-4-8-20(26-2)14(16)10-12-18(22)24/h3-12H,23-24H2,1-2H3. The van der Waals surface area contributed by atoms with Crippen molar-refractivity contribution in [2.24, 2.45) is 0 Å². The lowest BCUT2D eigenvalue weighted by Crippen LogP contribution is -1.98. The third-order valence-corrected chi connectivity index (χ3v) is 4.80. The van der Waals surface area contributed by atoms with Crippen molar-refractivity contribution in [3.63, 3.8) is 0 Å². The molecule has 0 heterocycles. The van der Waals surface area contributed by atoms with Gasteiger partial charge >= 0.3 is 0 Å². The number of ether oxygens (including phenoxy) is 2. The smallest absolute Gasteiger partial charge is 0.126 e. The maximum atomic E-state index is 6.41. The van der Waals surface area contributed by atoms with Crippen molar-refractivity contribution >= 4 is 32.9 Å².